The fourth-order valence-corrected chi connectivity index (χ4v) is 3.49. The average molecular weight is 370 g/mol. The minimum atomic E-state index is -0.765. The summed E-state index contributed by atoms with van der Waals surface area (Å²) in [6.45, 7) is 1.67. The van der Waals surface area contributed by atoms with Gasteiger partial charge in [-0.05, 0) is 42.2 Å². The van der Waals surface area contributed by atoms with Crippen molar-refractivity contribution >= 4 is 27.5 Å². The van der Waals surface area contributed by atoms with Gasteiger partial charge in [0.25, 0.3) is 0 Å². The normalized spacial score (nSPS) is 11.7. The monoisotopic (exact) mass is 368 g/mol. The van der Waals surface area contributed by atoms with Crippen LogP contribution in [0.4, 0.5) is 0 Å². The highest BCUT2D eigenvalue weighted by Crippen LogP contribution is 2.35. The van der Waals surface area contributed by atoms with Gasteiger partial charge in [-0.25, -0.2) is 0 Å². The van der Waals surface area contributed by atoms with Crippen molar-refractivity contribution in [2.24, 2.45) is 0 Å². The summed E-state index contributed by atoms with van der Waals surface area (Å²) in [5.74, 6) is 0. The fourth-order valence-electron chi connectivity index (χ4n) is 2.48. The van der Waals surface area contributed by atoms with Gasteiger partial charge in [0, 0.05) is 14.9 Å². The van der Waals surface area contributed by atoms with Gasteiger partial charge in [-0.2, -0.15) is 0 Å². The SMILES string of the molecule is Cc1ccc(CC(CO)(CO)c2ccccc2Br)c(Cl)c1. The molecule has 2 N–H and O–H groups in total. The Labute approximate surface area is 138 Å². The average Bonchev–Trinajstić information content (AvgIpc) is 2.48. The van der Waals surface area contributed by atoms with E-state index in [1.54, 1.807) is 0 Å². The van der Waals surface area contributed by atoms with Crippen LogP contribution >= 0.6 is 27.5 Å². The number of hydrogen-bond donors (Lipinski definition) is 2. The van der Waals surface area contributed by atoms with Gasteiger partial charge in [0.15, 0.2) is 0 Å². The van der Waals surface area contributed by atoms with Crippen LogP contribution in [0.25, 0.3) is 0 Å². The number of hydrogen-bond acceptors (Lipinski definition) is 2. The summed E-state index contributed by atoms with van der Waals surface area (Å²) in [5.41, 5.74) is 2.12. The van der Waals surface area contributed by atoms with Crippen LogP contribution in [-0.2, 0) is 11.8 Å². The second kappa shape index (κ2) is 6.93. The van der Waals surface area contributed by atoms with E-state index in [0.717, 1.165) is 21.2 Å². The van der Waals surface area contributed by atoms with Crippen molar-refractivity contribution in [1.29, 1.82) is 0 Å². The van der Waals surface area contributed by atoms with Gasteiger partial charge in [-0.1, -0.05) is 57.9 Å². The molecule has 0 radical (unpaired) electrons. The molecule has 0 amide bonds. The van der Waals surface area contributed by atoms with Gasteiger partial charge in [-0.15, -0.1) is 0 Å². The van der Waals surface area contributed by atoms with Crippen LogP contribution in [0.1, 0.15) is 16.7 Å². The van der Waals surface area contributed by atoms with Crippen molar-refractivity contribution in [1.82, 2.24) is 0 Å². The molecule has 0 heterocycles. The van der Waals surface area contributed by atoms with Gasteiger partial charge in [0.05, 0.1) is 13.2 Å². The molecule has 2 nitrogen and oxygen atoms in total. The van der Waals surface area contributed by atoms with Crippen LogP contribution in [-0.4, -0.2) is 23.4 Å². The zero-order valence-electron chi connectivity index (χ0n) is 11.8. The molecular formula is C17H18BrClO2. The van der Waals surface area contributed by atoms with Crippen molar-refractivity contribution < 1.29 is 10.2 Å². The lowest BCUT2D eigenvalue weighted by molar-refractivity contribution is 0.116. The molecule has 0 unspecified atom stereocenters. The molecule has 0 aliphatic heterocycles. The van der Waals surface area contributed by atoms with E-state index < -0.39 is 5.41 Å². The lowest BCUT2D eigenvalue weighted by atomic mass is 9.76. The standard InChI is InChI=1S/C17H18BrClO2/c1-12-6-7-13(16(19)8-12)9-17(10-20,11-21)14-4-2-3-5-15(14)18/h2-8,20-21H,9-11H2,1H3. The summed E-state index contributed by atoms with van der Waals surface area (Å²) < 4.78 is 0.872. The van der Waals surface area contributed by atoms with Gasteiger partial charge >= 0.3 is 0 Å². The molecule has 0 spiro atoms. The quantitative estimate of drug-likeness (QED) is 0.840. The van der Waals surface area contributed by atoms with Gasteiger partial charge in [-0.3, -0.25) is 0 Å². The van der Waals surface area contributed by atoms with Crippen molar-refractivity contribution in [3.63, 3.8) is 0 Å². The molecule has 2 rings (SSSR count). The minimum Gasteiger partial charge on any atom is -0.395 e. The maximum Gasteiger partial charge on any atom is 0.0553 e. The molecule has 0 saturated carbocycles. The number of aliphatic hydroxyl groups is 2. The Morgan fingerprint density at radius 1 is 1.10 bits per heavy atom. The molecule has 0 saturated heterocycles. The molecule has 0 bridgehead atoms. The second-order valence-electron chi connectivity index (χ2n) is 5.35. The largest absolute Gasteiger partial charge is 0.395 e. The predicted molar refractivity (Wildman–Crippen MR) is 89.9 cm³/mol. The van der Waals surface area contributed by atoms with E-state index >= 15 is 0 Å². The first kappa shape index (κ1) is 16.5. The molecule has 4 heteroatoms. The predicted octanol–water partition coefficient (Wildman–Crippen LogP) is 3.88. The number of aliphatic hydroxyl groups excluding tert-OH is 2. The Morgan fingerprint density at radius 2 is 1.76 bits per heavy atom. The van der Waals surface area contributed by atoms with Crippen LogP contribution in [0.15, 0.2) is 46.9 Å². The molecule has 0 aliphatic carbocycles. The van der Waals surface area contributed by atoms with Crippen LogP contribution < -0.4 is 0 Å². The first-order valence-corrected chi connectivity index (χ1v) is 7.91. The summed E-state index contributed by atoms with van der Waals surface area (Å²) in [5, 5.41) is 20.5. The molecule has 0 aliphatic rings. The molecule has 112 valence electrons. The number of aryl methyl sites for hydroxylation is 1. The number of rotatable bonds is 5. The third kappa shape index (κ3) is 3.49. The van der Waals surface area contributed by atoms with Crippen LogP contribution in [0.5, 0.6) is 0 Å². The Kier molecular flexibility index (Phi) is 5.44. The molecular weight excluding hydrogens is 352 g/mol. The lowest BCUT2D eigenvalue weighted by Crippen LogP contribution is -2.37. The Bertz CT molecular complexity index is 624. The van der Waals surface area contributed by atoms with Crippen LogP contribution in [0, 0.1) is 6.92 Å². The van der Waals surface area contributed by atoms with Gasteiger partial charge in [0.2, 0.25) is 0 Å². The van der Waals surface area contributed by atoms with Crippen LogP contribution in [0.2, 0.25) is 5.02 Å². The molecule has 21 heavy (non-hydrogen) atoms. The summed E-state index contributed by atoms with van der Waals surface area (Å²) in [6, 6.07) is 13.5. The van der Waals surface area contributed by atoms with E-state index in [1.807, 2.05) is 49.4 Å². The highest BCUT2D eigenvalue weighted by Gasteiger charge is 2.33. The van der Waals surface area contributed by atoms with Crippen LogP contribution in [0.3, 0.4) is 0 Å². The zero-order valence-corrected chi connectivity index (χ0v) is 14.2. The van der Waals surface area contributed by atoms with Crippen molar-refractivity contribution in [2.75, 3.05) is 13.2 Å². The molecule has 0 fully saturated rings. The Hall–Kier alpha value is -0.870. The Balaban J connectivity index is 2.46. The van der Waals surface area contributed by atoms with E-state index in [0.29, 0.717) is 11.4 Å². The van der Waals surface area contributed by atoms with Gasteiger partial charge in [0.1, 0.15) is 0 Å². The first-order chi connectivity index (χ1) is 10.0. The summed E-state index contributed by atoms with van der Waals surface area (Å²) in [6.07, 6.45) is 0.474. The van der Waals surface area contributed by atoms with E-state index in [-0.39, 0.29) is 13.2 Å². The fraction of sp³-hybridized carbons (Fsp3) is 0.294. The lowest BCUT2D eigenvalue weighted by Gasteiger charge is -2.32. The second-order valence-corrected chi connectivity index (χ2v) is 6.61. The highest BCUT2D eigenvalue weighted by molar-refractivity contribution is 9.10. The summed E-state index contributed by atoms with van der Waals surface area (Å²) in [4.78, 5) is 0. The zero-order chi connectivity index (χ0) is 15.5. The maximum atomic E-state index is 9.94. The molecule has 2 aromatic rings. The third-order valence-corrected chi connectivity index (χ3v) is 4.83. The van der Waals surface area contributed by atoms with E-state index in [4.69, 9.17) is 11.6 Å². The maximum absolute atomic E-state index is 9.94. The van der Waals surface area contributed by atoms with E-state index in [9.17, 15) is 10.2 Å². The molecule has 2 aromatic carbocycles. The molecule has 0 atom stereocenters. The topological polar surface area (TPSA) is 40.5 Å². The first-order valence-electron chi connectivity index (χ1n) is 6.74. The van der Waals surface area contributed by atoms with E-state index in [2.05, 4.69) is 15.9 Å². The third-order valence-electron chi connectivity index (χ3n) is 3.79. The highest BCUT2D eigenvalue weighted by atomic mass is 79.9. The number of halogens is 2. The van der Waals surface area contributed by atoms with Crippen molar-refractivity contribution in [2.45, 2.75) is 18.8 Å². The van der Waals surface area contributed by atoms with Crippen molar-refractivity contribution in [3.8, 4) is 0 Å². The minimum absolute atomic E-state index is 0.156. The van der Waals surface area contributed by atoms with E-state index in [1.165, 1.54) is 0 Å². The van der Waals surface area contributed by atoms with Gasteiger partial charge < -0.3 is 10.2 Å². The number of benzene rings is 2. The Morgan fingerprint density at radius 3 is 2.33 bits per heavy atom. The summed E-state index contributed by atoms with van der Waals surface area (Å²) >= 11 is 9.80. The summed E-state index contributed by atoms with van der Waals surface area (Å²) in [7, 11) is 0. The molecule has 0 aromatic heterocycles. The van der Waals surface area contributed by atoms with Crippen molar-refractivity contribution in [3.05, 3.63) is 68.7 Å². The smallest absolute Gasteiger partial charge is 0.0553 e.